The summed E-state index contributed by atoms with van der Waals surface area (Å²) in [7, 11) is 1.66. The third kappa shape index (κ3) is 15.8. The van der Waals surface area contributed by atoms with Gasteiger partial charge in [-0.05, 0) is 25.8 Å². The highest BCUT2D eigenvalue weighted by molar-refractivity contribution is 4.41. The van der Waals surface area contributed by atoms with Gasteiger partial charge >= 0.3 is 0 Å². The largest absolute Gasteiger partial charge is 0.382 e. The van der Waals surface area contributed by atoms with Crippen LogP contribution in [0.3, 0.4) is 0 Å². The van der Waals surface area contributed by atoms with E-state index in [0.29, 0.717) is 39.6 Å². The Hall–Kier alpha value is -0.200. The quantitative estimate of drug-likeness (QED) is 0.462. The highest BCUT2D eigenvalue weighted by Gasteiger charge is 1.92. The molecule has 0 aromatic heterocycles. The lowest BCUT2D eigenvalue weighted by Crippen LogP contribution is -2.11. The maximum Gasteiger partial charge on any atom is 0.0701 e. The van der Waals surface area contributed by atoms with Crippen LogP contribution in [0.15, 0.2) is 0 Å². The van der Waals surface area contributed by atoms with Crippen LogP contribution >= 0.6 is 0 Å². The molecule has 0 radical (unpaired) electrons. The molecular weight excluding hydrogens is 222 g/mol. The Morgan fingerprint density at radius 3 is 1.71 bits per heavy atom. The first kappa shape index (κ1) is 16.8. The summed E-state index contributed by atoms with van der Waals surface area (Å²) in [5.74, 6) is 0. The number of methoxy groups -OCH3 is 1. The molecule has 0 aliphatic heterocycles. The Labute approximate surface area is 105 Å². The minimum atomic E-state index is 0.611. The van der Waals surface area contributed by atoms with Crippen LogP contribution in [0.4, 0.5) is 0 Å². The van der Waals surface area contributed by atoms with Gasteiger partial charge in [0.25, 0.3) is 0 Å². The fourth-order valence-electron chi connectivity index (χ4n) is 1.21. The zero-order valence-corrected chi connectivity index (χ0v) is 11.0. The van der Waals surface area contributed by atoms with E-state index in [1.807, 2.05) is 0 Å². The Balaban J connectivity index is 2.85. The topological polar surface area (TPSA) is 62.9 Å². The van der Waals surface area contributed by atoms with E-state index >= 15 is 0 Å². The summed E-state index contributed by atoms with van der Waals surface area (Å²) < 4.78 is 20.8. The molecule has 0 fully saturated rings. The molecule has 0 aliphatic carbocycles. The van der Waals surface area contributed by atoms with Gasteiger partial charge in [-0.15, -0.1) is 0 Å². The molecule has 0 aliphatic rings. The van der Waals surface area contributed by atoms with E-state index in [1.54, 1.807) is 7.11 Å². The fraction of sp³-hybridized carbons (Fsp3) is 1.00. The molecule has 104 valence electrons. The van der Waals surface area contributed by atoms with Crippen LogP contribution in [0.5, 0.6) is 0 Å². The monoisotopic (exact) mass is 249 g/mol. The average Bonchev–Trinajstić information content (AvgIpc) is 2.35. The van der Waals surface area contributed by atoms with Gasteiger partial charge in [-0.2, -0.15) is 0 Å². The second-order valence-corrected chi connectivity index (χ2v) is 3.68. The van der Waals surface area contributed by atoms with Crippen molar-refractivity contribution >= 4 is 0 Å². The fourth-order valence-corrected chi connectivity index (χ4v) is 1.21. The van der Waals surface area contributed by atoms with Gasteiger partial charge < -0.3 is 24.7 Å². The summed E-state index contributed by atoms with van der Waals surface area (Å²) >= 11 is 0. The molecule has 5 heteroatoms. The van der Waals surface area contributed by atoms with Crippen LogP contribution in [0.1, 0.15) is 19.3 Å². The standard InChI is InChI=1S/C12H27NO4/c1-14-7-8-16-11-12-17-10-9-15-6-4-2-3-5-13/h2-13H2,1H3. The molecule has 5 nitrogen and oxygen atoms in total. The van der Waals surface area contributed by atoms with Gasteiger partial charge in [0.2, 0.25) is 0 Å². The smallest absolute Gasteiger partial charge is 0.0701 e. The predicted octanol–water partition coefficient (Wildman–Crippen LogP) is 0.812. The maximum absolute atomic E-state index is 5.40. The average molecular weight is 249 g/mol. The summed E-state index contributed by atoms with van der Waals surface area (Å²) in [6.45, 7) is 5.33. The summed E-state index contributed by atoms with van der Waals surface area (Å²) in [4.78, 5) is 0. The highest BCUT2D eigenvalue weighted by atomic mass is 16.6. The predicted molar refractivity (Wildman–Crippen MR) is 67.2 cm³/mol. The van der Waals surface area contributed by atoms with Crippen LogP contribution in [0, 0.1) is 0 Å². The summed E-state index contributed by atoms with van der Waals surface area (Å²) in [6.07, 6.45) is 3.31. The van der Waals surface area contributed by atoms with E-state index < -0.39 is 0 Å². The van der Waals surface area contributed by atoms with Crippen molar-refractivity contribution in [2.24, 2.45) is 5.73 Å². The van der Waals surface area contributed by atoms with Crippen molar-refractivity contribution in [1.82, 2.24) is 0 Å². The van der Waals surface area contributed by atoms with Crippen molar-refractivity contribution < 1.29 is 18.9 Å². The van der Waals surface area contributed by atoms with E-state index in [4.69, 9.17) is 24.7 Å². The lowest BCUT2D eigenvalue weighted by molar-refractivity contribution is 0.00326. The zero-order chi connectivity index (χ0) is 12.6. The van der Waals surface area contributed by atoms with Crippen LogP contribution in [0.2, 0.25) is 0 Å². The van der Waals surface area contributed by atoms with Crippen LogP contribution < -0.4 is 5.73 Å². The second kappa shape index (κ2) is 15.8. The molecule has 0 aromatic carbocycles. The molecule has 0 saturated heterocycles. The normalized spacial score (nSPS) is 10.9. The minimum Gasteiger partial charge on any atom is -0.382 e. The third-order valence-electron chi connectivity index (χ3n) is 2.17. The molecule has 0 rings (SSSR count). The highest BCUT2D eigenvalue weighted by Crippen LogP contribution is 1.93. The number of hydrogen-bond acceptors (Lipinski definition) is 5. The van der Waals surface area contributed by atoms with Gasteiger partial charge in [-0.25, -0.2) is 0 Å². The molecule has 0 saturated carbocycles. The first-order valence-corrected chi connectivity index (χ1v) is 6.34. The zero-order valence-electron chi connectivity index (χ0n) is 11.0. The van der Waals surface area contributed by atoms with Crippen molar-refractivity contribution in [3.63, 3.8) is 0 Å². The molecule has 0 unspecified atom stereocenters. The molecule has 0 bridgehead atoms. The Bertz CT molecular complexity index is 122. The number of rotatable bonds is 14. The lowest BCUT2D eigenvalue weighted by atomic mass is 10.2. The van der Waals surface area contributed by atoms with E-state index in [9.17, 15) is 0 Å². The van der Waals surface area contributed by atoms with Gasteiger partial charge in [0.15, 0.2) is 0 Å². The van der Waals surface area contributed by atoms with Gasteiger partial charge in [-0.1, -0.05) is 0 Å². The van der Waals surface area contributed by atoms with E-state index in [2.05, 4.69) is 0 Å². The summed E-state index contributed by atoms with van der Waals surface area (Å²) in [6, 6.07) is 0. The summed E-state index contributed by atoms with van der Waals surface area (Å²) in [5.41, 5.74) is 5.39. The molecule has 0 spiro atoms. The Morgan fingerprint density at radius 1 is 0.647 bits per heavy atom. The minimum absolute atomic E-state index is 0.611. The van der Waals surface area contributed by atoms with E-state index in [0.717, 1.165) is 32.4 Å². The van der Waals surface area contributed by atoms with Crippen molar-refractivity contribution in [2.45, 2.75) is 19.3 Å². The first-order chi connectivity index (χ1) is 8.41. The van der Waals surface area contributed by atoms with Crippen molar-refractivity contribution in [3.05, 3.63) is 0 Å². The third-order valence-corrected chi connectivity index (χ3v) is 2.17. The van der Waals surface area contributed by atoms with Crippen molar-refractivity contribution in [1.29, 1.82) is 0 Å². The van der Waals surface area contributed by atoms with Crippen molar-refractivity contribution in [3.8, 4) is 0 Å². The van der Waals surface area contributed by atoms with Gasteiger partial charge in [-0.3, -0.25) is 0 Å². The Kier molecular flexibility index (Phi) is 15.6. The molecule has 17 heavy (non-hydrogen) atoms. The number of ether oxygens (including phenoxy) is 4. The molecule has 2 N–H and O–H groups in total. The summed E-state index contributed by atoms with van der Waals surface area (Å²) in [5, 5.41) is 0. The number of unbranched alkanes of at least 4 members (excludes halogenated alkanes) is 2. The molecular formula is C12H27NO4. The van der Waals surface area contributed by atoms with Gasteiger partial charge in [0, 0.05) is 13.7 Å². The lowest BCUT2D eigenvalue weighted by Gasteiger charge is -2.06. The van der Waals surface area contributed by atoms with Crippen LogP contribution in [-0.4, -0.2) is 59.9 Å². The maximum atomic E-state index is 5.40. The van der Waals surface area contributed by atoms with Crippen molar-refractivity contribution in [2.75, 3.05) is 59.9 Å². The number of hydrogen-bond donors (Lipinski definition) is 1. The molecule has 0 heterocycles. The Morgan fingerprint density at radius 2 is 1.18 bits per heavy atom. The molecule has 0 atom stereocenters. The van der Waals surface area contributed by atoms with Gasteiger partial charge in [0.1, 0.15) is 0 Å². The van der Waals surface area contributed by atoms with E-state index in [1.165, 1.54) is 0 Å². The van der Waals surface area contributed by atoms with Crippen LogP contribution in [-0.2, 0) is 18.9 Å². The number of nitrogens with two attached hydrogens (primary N) is 1. The van der Waals surface area contributed by atoms with Gasteiger partial charge in [0.05, 0.1) is 39.6 Å². The van der Waals surface area contributed by atoms with E-state index in [-0.39, 0.29) is 0 Å². The molecule has 0 aromatic rings. The molecule has 0 amide bonds. The first-order valence-electron chi connectivity index (χ1n) is 6.34. The van der Waals surface area contributed by atoms with Crippen LogP contribution in [0.25, 0.3) is 0 Å². The second-order valence-electron chi connectivity index (χ2n) is 3.68. The SMILES string of the molecule is COCCOCCOCCOCCCCCN.